The molecule has 0 unspecified atom stereocenters. The third kappa shape index (κ3) is 3.44. The molecule has 0 bridgehead atoms. The normalized spacial score (nSPS) is 16.9. The summed E-state index contributed by atoms with van der Waals surface area (Å²) < 4.78 is 0. The Kier molecular flexibility index (Phi) is 6.30. The average molecular weight is 283 g/mol. The molecule has 3 N–H and O–H groups in total. The van der Waals surface area contributed by atoms with E-state index in [-0.39, 0.29) is 11.7 Å². The van der Waals surface area contributed by atoms with Gasteiger partial charge < -0.3 is 15.8 Å². The monoisotopic (exact) mass is 283 g/mol. The van der Waals surface area contributed by atoms with Crippen LogP contribution in [-0.2, 0) is 4.79 Å². The number of amides is 1. The predicted molar refractivity (Wildman–Crippen MR) is 80.6 cm³/mol. The maximum atomic E-state index is 12.9. The van der Waals surface area contributed by atoms with Crippen LogP contribution in [0.2, 0.25) is 0 Å². The zero-order valence-corrected chi connectivity index (χ0v) is 13.1. The van der Waals surface area contributed by atoms with E-state index in [2.05, 4.69) is 5.16 Å². The first-order valence-corrected chi connectivity index (χ1v) is 7.75. The van der Waals surface area contributed by atoms with E-state index in [0.29, 0.717) is 18.8 Å². The summed E-state index contributed by atoms with van der Waals surface area (Å²) in [5, 5.41) is 12.2. The van der Waals surface area contributed by atoms with Crippen LogP contribution in [0.4, 0.5) is 0 Å². The van der Waals surface area contributed by atoms with Crippen molar-refractivity contribution in [2.24, 2.45) is 22.2 Å². The highest BCUT2D eigenvalue weighted by Crippen LogP contribution is 2.34. The Bertz CT molecular complexity index is 345. The smallest absolute Gasteiger partial charge is 0.236 e. The molecule has 20 heavy (non-hydrogen) atoms. The number of hydrogen-bond acceptors (Lipinski definition) is 3. The number of nitrogens with two attached hydrogens (primary N) is 1. The van der Waals surface area contributed by atoms with Gasteiger partial charge in [-0.15, -0.1) is 0 Å². The molecule has 0 aromatic carbocycles. The highest BCUT2D eigenvalue weighted by atomic mass is 16.4. The fourth-order valence-corrected chi connectivity index (χ4v) is 3.16. The van der Waals surface area contributed by atoms with Crippen molar-refractivity contribution < 1.29 is 10.0 Å². The lowest BCUT2D eigenvalue weighted by Gasteiger charge is -2.37. The number of carbonyl (C=O) groups is 1. The number of rotatable bonds is 8. The molecule has 5 nitrogen and oxygen atoms in total. The molecule has 1 amide bonds. The minimum absolute atomic E-state index is 0.00315. The molecule has 5 heteroatoms. The lowest BCUT2D eigenvalue weighted by atomic mass is 9.76. The van der Waals surface area contributed by atoms with Crippen LogP contribution in [0, 0.1) is 11.3 Å². The summed E-state index contributed by atoms with van der Waals surface area (Å²) in [6.45, 7) is 4.83. The summed E-state index contributed by atoms with van der Waals surface area (Å²) in [7, 11) is 1.84. The van der Waals surface area contributed by atoms with E-state index in [4.69, 9.17) is 10.9 Å². The van der Waals surface area contributed by atoms with Gasteiger partial charge >= 0.3 is 0 Å². The van der Waals surface area contributed by atoms with Gasteiger partial charge in [0.05, 0.1) is 0 Å². The van der Waals surface area contributed by atoms with Gasteiger partial charge in [-0.25, -0.2) is 0 Å². The molecule has 1 rings (SSSR count). The van der Waals surface area contributed by atoms with Crippen LogP contribution in [0.5, 0.6) is 0 Å². The molecular weight excluding hydrogens is 254 g/mol. The van der Waals surface area contributed by atoms with Gasteiger partial charge in [-0.1, -0.05) is 38.3 Å². The van der Waals surface area contributed by atoms with Crippen molar-refractivity contribution in [1.29, 1.82) is 0 Å². The van der Waals surface area contributed by atoms with Crippen molar-refractivity contribution in [2.75, 3.05) is 13.6 Å². The summed E-state index contributed by atoms with van der Waals surface area (Å²) in [4.78, 5) is 14.7. The molecule has 0 aromatic rings. The van der Waals surface area contributed by atoms with Crippen molar-refractivity contribution in [1.82, 2.24) is 4.90 Å². The van der Waals surface area contributed by atoms with E-state index in [9.17, 15) is 4.79 Å². The van der Waals surface area contributed by atoms with E-state index < -0.39 is 5.41 Å². The van der Waals surface area contributed by atoms with Crippen LogP contribution in [-0.4, -0.2) is 35.4 Å². The summed E-state index contributed by atoms with van der Waals surface area (Å²) in [6.07, 6.45) is 6.60. The molecule has 1 fully saturated rings. The number of hydrogen-bond donors (Lipinski definition) is 2. The molecule has 0 aromatic heterocycles. The minimum atomic E-state index is -0.837. The summed E-state index contributed by atoms with van der Waals surface area (Å²) in [6, 6.07) is 0. The van der Waals surface area contributed by atoms with E-state index in [0.717, 1.165) is 19.4 Å². The van der Waals surface area contributed by atoms with Crippen LogP contribution >= 0.6 is 0 Å². The lowest BCUT2D eigenvalue weighted by Crippen LogP contribution is -2.51. The molecule has 0 aliphatic heterocycles. The van der Waals surface area contributed by atoms with Crippen LogP contribution in [0.1, 0.15) is 58.8 Å². The van der Waals surface area contributed by atoms with Crippen molar-refractivity contribution >= 4 is 11.7 Å². The zero-order valence-electron chi connectivity index (χ0n) is 13.1. The Balaban J connectivity index is 2.90. The first-order chi connectivity index (χ1) is 9.51. The van der Waals surface area contributed by atoms with Gasteiger partial charge in [0, 0.05) is 13.6 Å². The van der Waals surface area contributed by atoms with Gasteiger partial charge in [-0.2, -0.15) is 0 Å². The van der Waals surface area contributed by atoms with Gasteiger partial charge in [0.2, 0.25) is 5.91 Å². The second-order valence-corrected chi connectivity index (χ2v) is 6.05. The third-order valence-corrected chi connectivity index (χ3v) is 4.46. The molecule has 0 saturated heterocycles. The number of oxime groups is 1. The molecule has 0 radical (unpaired) electrons. The van der Waals surface area contributed by atoms with Crippen LogP contribution < -0.4 is 5.73 Å². The molecule has 1 saturated carbocycles. The summed E-state index contributed by atoms with van der Waals surface area (Å²) in [5.41, 5.74) is 5.06. The highest BCUT2D eigenvalue weighted by molar-refractivity contribution is 6.06. The topological polar surface area (TPSA) is 78.9 Å². The molecule has 0 atom stereocenters. The summed E-state index contributed by atoms with van der Waals surface area (Å²) >= 11 is 0. The average Bonchev–Trinajstić information content (AvgIpc) is 2.40. The Hall–Kier alpha value is -1.26. The van der Waals surface area contributed by atoms with Crippen molar-refractivity contribution in [2.45, 2.75) is 58.8 Å². The van der Waals surface area contributed by atoms with Crippen LogP contribution in [0.25, 0.3) is 0 Å². The Labute approximate surface area is 122 Å². The van der Waals surface area contributed by atoms with Crippen LogP contribution in [0.3, 0.4) is 0 Å². The second kappa shape index (κ2) is 7.50. The maximum absolute atomic E-state index is 12.9. The van der Waals surface area contributed by atoms with Gasteiger partial charge in [-0.3, -0.25) is 4.79 Å². The minimum Gasteiger partial charge on any atom is -0.409 e. The molecule has 0 heterocycles. The van der Waals surface area contributed by atoms with E-state index in [1.165, 1.54) is 19.3 Å². The van der Waals surface area contributed by atoms with E-state index in [1.807, 2.05) is 20.9 Å². The molecular formula is C15H29N3O2. The standard InChI is InChI=1S/C15H29N3O2/c1-4-9-15(10-5-2,13(16)17-20)14(19)18(3)11-12-7-6-8-12/h12,20H,4-11H2,1-3H3,(H2,16,17). The maximum Gasteiger partial charge on any atom is 0.236 e. The number of nitrogens with zero attached hydrogens (tertiary/aromatic N) is 2. The quantitative estimate of drug-likeness (QED) is 0.311. The molecule has 1 aliphatic rings. The van der Waals surface area contributed by atoms with Gasteiger partial charge in [-0.05, 0) is 31.6 Å². The van der Waals surface area contributed by atoms with Gasteiger partial charge in [0.25, 0.3) is 0 Å². The molecule has 0 spiro atoms. The van der Waals surface area contributed by atoms with Crippen molar-refractivity contribution in [3.8, 4) is 0 Å². The number of carbonyl (C=O) groups excluding carboxylic acids is 1. The summed E-state index contributed by atoms with van der Waals surface area (Å²) in [5.74, 6) is 0.687. The zero-order chi connectivity index (χ0) is 15.2. The SMILES string of the molecule is CCCC(CCC)(C(=O)N(C)CC1CCC1)C(N)=NO. The van der Waals surface area contributed by atoms with Crippen molar-refractivity contribution in [3.63, 3.8) is 0 Å². The fourth-order valence-electron chi connectivity index (χ4n) is 3.16. The Morgan fingerprint density at radius 1 is 1.35 bits per heavy atom. The predicted octanol–water partition coefficient (Wildman–Crippen LogP) is 2.58. The van der Waals surface area contributed by atoms with Gasteiger partial charge in [0.1, 0.15) is 5.41 Å². The first-order valence-electron chi connectivity index (χ1n) is 7.75. The third-order valence-electron chi connectivity index (χ3n) is 4.46. The molecule has 1 aliphatic carbocycles. The fraction of sp³-hybridized carbons (Fsp3) is 0.867. The highest BCUT2D eigenvalue weighted by Gasteiger charge is 2.43. The molecule has 116 valence electrons. The van der Waals surface area contributed by atoms with Crippen LogP contribution in [0.15, 0.2) is 5.16 Å². The Morgan fingerprint density at radius 2 is 1.90 bits per heavy atom. The number of amidine groups is 1. The first kappa shape index (κ1) is 16.8. The largest absolute Gasteiger partial charge is 0.409 e. The van der Waals surface area contributed by atoms with Gasteiger partial charge in [0.15, 0.2) is 5.84 Å². The lowest BCUT2D eigenvalue weighted by molar-refractivity contribution is -0.138. The van der Waals surface area contributed by atoms with Crippen molar-refractivity contribution in [3.05, 3.63) is 0 Å². The van der Waals surface area contributed by atoms with E-state index >= 15 is 0 Å². The van der Waals surface area contributed by atoms with E-state index in [1.54, 1.807) is 4.90 Å². The second-order valence-electron chi connectivity index (χ2n) is 6.05. The Morgan fingerprint density at radius 3 is 2.25 bits per heavy atom.